The molecule has 0 aliphatic rings. The summed E-state index contributed by atoms with van der Waals surface area (Å²) >= 11 is 5.54. The number of hydrogen-bond acceptors (Lipinski definition) is 1. The van der Waals surface area contributed by atoms with Gasteiger partial charge in [0.2, 0.25) is 0 Å². The first-order valence-electron chi connectivity index (χ1n) is 2.48. The van der Waals surface area contributed by atoms with Crippen LogP contribution >= 0.6 is 11.6 Å². The topological polar surface area (TPSA) is 12.9 Å². The van der Waals surface area contributed by atoms with Crippen LogP contribution in [0.1, 0.15) is 5.69 Å². The van der Waals surface area contributed by atoms with E-state index >= 15 is 0 Å². The third-order valence-corrected chi connectivity index (χ3v) is 1.11. The van der Waals surface area contributed by atoms with Gasteiger partial charge in [0.15, 0.2) is 0 Å². The molecule has 0 amide bonds. The maximum absolute atomic E-state index is 5.54. The van der Waals surface area contributed by atoms with Gasteiger partial charge in [0.1, 0.15) is 5.15 Å². The highest BCUT2D eigenvalue weighted by Crippen LogP contribution is 2.03. The van der Waals surface area contributed by atoms with Gasteiger partial charge < -0.3 is 0 Å². The number of hydrogen-bond donors (Lipinski definition) is 0. The van der Waals surface area contributed by atoms with Gasteiger partial charge in [-0.2, -0.15) is 0 Å². The maximum atomic E-state index is 5.54. The first-order chi connectivity index (χ1) is 4.33. The minimum Gasteiger partial charge on any atom is -0.236 e. The van der Waals surface area contributed by atoms with Gasteiger partial charge in [0.05, 0.1) is 5.69 Å². The first-order valence-corrected chi connectivity index (χ1v) is 2.86. The molecule has 1 heterocycles. The zero-order valence-corrected chi connectivity index (χ0v) is 5.52. The number of pyridine rings is 1. The molecule has 0 fully saturated rings. The van der Waals surface area contributed by atoms with Gasteiger partial charge in [0.25, 0.3) is 0 Å². The summed E-state index contributed by atoms with van der Waals surface area (Å²) in [5.41, 5.74) is 0.683. The van der Waals surface area contributed by atoms with Crippen molar-refractivity contribution in [2.45, 2.75) is 0 Å². The van der Waals surface area contributed by atoms with Crippen LogP contribution in [-0.2, 0) is 0 Å². The summed E-state index contributed by atoms with van der Waals surface area (Å²) in [7, 11) is 0. The lowest BCUT2D eigenvalue weighted by Crippen LogP contribution is -1.79. The van der Waals surface area contributed by atoms with Gasteiger partial charge in [-0.3, -0.25) is 0 Å². The van der Waals surface area contributed by atoms with E-state index in [1.54, 1.807) is 12.1 Å². The van der Waals surface area contributed by atoms with Crippen molar-refractivity contribution in [3.05, 3.63) is 41.7 Å². The van der Waals surface area contributed by atoms with Crippen molar-refractivity contribution in [1.82, 2.24) is 4.98 Å². The molecule has 0 aromatic carbocycles. The molecule has 0 saturated heterocycles. The second-order valence-corrected chi connectivity index (χ2v) is 1.91. The smallest absolute Gasteiger partial charge is 0.129 e. The summed E-state index contributed by atoms with van der Waals surface area (Å²) in [6, 6.07) is 5.31. The Morgan fingerprint density at radius 2 is 2.33 bits per heavy atom. The van der Waals surface area contributed by atoms with E-state index in [1.165, 1.54) is 0 Å². The van der Waals surface area contributed by atoms with Gasteiger partial charge in [-0.05, 0) is 12.1 Å². The zero-order valence-electron chi connectivity index (χ0n) is 4.76. The fraction of sp³-hybridized carbons (Fsp3) is 0. The van der Waals surface area contributed by atoms with E-state index in [2.05, 4.69) is 17.6 Å². The SMILES string of the molecule is C=[C]c1cccc(Cl)n1. The average Bonchev–Trinajstić information content (AvgIpc) is 1.88. The molecule has 0 bridgehead atoms. The standard InChI is InChI=1S/C7H5ClN/c1-2-6-4-3-5-7(8)9-6/h3-5H,1H2. The second-order valence-electron chi connectivity index (χ2n) is 1.52. The van der Waals surface area contributed by atoms with E-state index in [-0.39, 0.29) is 0 Å². The lowest BCUT2D eigenvalue weighted by Gasteiger charge is -1.89. The van der Waals surface area contributed by atoms with Gasteiger partial charge in [-0.15, -0.1) is 0 Å². The van der Waals surface area contributed by atoms with Crippen LogP contribution in [0.25, 0.3) is 0 Å². The summed E-state index contributed by atoms with van der Waals surface area (Å²) < 4.78 is 0. The van der Waals surface area contributed by atoms with E-state index in [4.69, 9.17) is 11.6 Å². The molecule has 0 N–H and O–H groups in total. The molecule has 1 aromatic heterocycles. The van der Waals surface area contributed by atoms with Crippen molar-refractivity contribution >= 4 is 11.6 Å². The molecule has 0 saturated carbocycles. The van der Waals surface area contributed by atoms with Crippen LogP contribution in [0.15, 0.2) is 24.8 Å². The molecule has 0 atom stereocenters. The second kappa shape index (κ2) is 2.65. The van der Waals surface area contributed by atoms with E-state index < -0.39 is 0 Å². The third kappa shape index (κ3) is 1.54. The van der Waals surface area contributed by atoms with Crippen LogP contribution < -0.4 is 0 Å². The molecule has 0 aliphatic heterocycles. The Bertz CT molecular complexity index is 220. The minimum absolute atomic E-state index is 0.476. The molecular formula is C7H5ClN. The van der Waals surface area contributed by atoms with Crippen molar-refractivity contribution in [2.24, 2.45) is 0 Å². The van der Waals surface area contributed by atoms with Crippen LogP contribution in [0.2, 0.25) is 5.15 Å². The van der Waals surface area contributed by atoms with E-state index in [9.17, 15) is 0 Å². The Kier molecular flexibility index (Phi) is 1.85. The minimum atomic E-state index is 0.476. The summed E-state index contributed by atoms with van der Waals surface area (Å²) in [4.78, 5) is 3.88. The van der Waals surface area contributed by atoms with Crippen molar-refractivity contribution in [1.29, 1.82) is 0 Å². The third-order valence-electron chi connectivity index (χ3n) is 0.896. The van der Waals surface area contributed by atoms with Gasteiger partial charge in [-0.25, -0.2) is 4.98 Å². The molecule has 1 nitrogen and oxygen atoms in total. The Morgan fingerprint density at radius 3 is 2.78 bits per heavy atom. The van der Waals surface area contributed by atoms with Gasteiger partial charge in [0, 0.05) is 6.08 Å². The summed E-state index contributed by atoms with van der Waals surface area (Å²) in [6.07, 6.45) is 2.62. The molecular weight excluding hydrogens is 134 g/mol. The molecule has 0 unspecified atom stereocenters. The van der Waals surface area contributed by atoms with Crippen molar-refractivity contribution < 1.29 is 0 Å². The monoisotopic (exact) mass is 138 g/mol. The highest BCUT2D eigenvalue weighted by atomic mass is 35.5. The Morgan fingerprint density at radius 1 is 1.56 bits per heavy atom. The number of halogens is 1. The Balaban J connectivity index is 3.07. The van der Waals surface area contributed by atoms with Crippen LogP contribution in [0.3, 0.4) is 0 Å². The highest BCUT2D eigenvalue weighted by molar-refractivity contribution is 6.29. The van der Waals surface area contributed by atoms with Gasteiger partial charge >= 0.3 is 0 Å². The van der Waals surface area contributed by atoms with Crippen LogP contribution in [0, 0.1) is 6.08 Å². The average molecular weight is 139 g/mol. The Hall–Kier alpha value is -0.820. The van der Waals surface area contributed by atoms with Crippen LogP contribution in [0.4, 0.5) is 0 Å². The first kappa shape index (κ1) is 6.30. The van der Waals surface area contributed by atoms with E-state index in [1.807, 2.05) is 6.07 Å². The predicted molar refractivity (Wildman–Crippen MR) is 37.2 cm³/mol. The molecule has 1 rings (SSSR count). The van der Waals surface area contributed by atoms with Crippen molar-refractivity contribution in [2.75, 3.05) is 0 Å². The molecule has 0 spiro atoms. The predicted octanol–water partition coefficient (Wildman–Crippen LogP) is 2.07. The number of nitrogens with zero attached hydrogens (tertiary/aromatic N) is 1. The quantitative estimate of drug-likeness (QED) is 0.542. The fourth-order valence-corrected chi connectivity index (χ4v) is 0.671. The van der Waals surface area contributed by atoms with E-state index in [0.29, 0.717) is 10.8 Å². The van der Waals surface area contributed by atoms with E-state index in [0.717, 1.165) is 0 Å². The molecule has 2 heteroatoms. The zero-order chi connectivity index (χ0) is 6.69. The van der Waals surface area contributed by atoms with Crippen molar-refractivity contribution in [3.63, 3.8) is 0 Å². The van der Waals surface area contributed by atoms with Crippen molar-refractivity contribution in [3.8, 4) is 0 Å². The largest absolute Gasteiger partial charge is 0.236 e. The maximum Gasteiger partial charge on any atom is 0.129 e. The fourth-order valence-electron chi connectivity index (χ4n) is 0.507. The molecule has 9 heavy (non-hydrogen) atoms. The summed E-state index contributed by atoms with van der Waals surface area (Å²) in [5, 5.41) is 0.476. The highest BCUT2D eigenvalue weighted by Gasteiger charge is 1.87. The van der Waals surface area contributed by atoms with Gasteiger partial charge in [-0.1, -0.05) is 24.2 Å². The summed E-state index contributed by atoms with van der Waals surface area (Å²) in [6.45, 7) is 3.43. The summed E-state index contributed by atoms with van der Waals surface area (Å²) in [5.74, 6) is 0. The normalized spacial score (nSPS) is 9.00. The lowest BCUT2D eigenvalue weighted by molar-refractivity contribution is 1.26. The lowest BCUT2D eigenvalue weighted by atomic mass is 10.3. The van der Waals surface area contributed by atoms with Crippen LogP contribution in [0.5, 0.6) is 0 Å². The van der Waals surface area contributed by atoms with Crippen LogP contribution in [-0.4, -0.2) is 4.98 Å². The Labute approximate surface area is 59.0 Å². The molecule has 45 valence electrons. The number of aromatic nitrogens is 1. The molecule has 1 radical (unpaired) electrons. The molecule has 1 aromatic rings. The molecule has 0 aliphatic carbocycles. The number of rotatable bonds is 1.